The number of aryl methyl sites for hydroxylation is 1. The summed E-state index contributed by atoms with van der Waals surface area (Å²) in [6.07, 6.45) is 5.23. The number of ketones is 1. The molecular formula is C17H14BrNO2. The highest BCUT2D eigenvalue weighted by Crippen LogP contribution is 2.30. The maximum absolute atomic E-state index is 12.6. The first-order chi connectivity index (χ1) is 10.2. The van der Waals surface area contributed by atoms with Crippen LogP contribution in [0.5, 0.6) is 5.75 Å². The summed E-state index contributed by atoms with van der Waals surface area (Å²) < 4.78 is 5.97. The Labute approximate surface area is 131 Å². The van der Waals surface area contributed by atoms with E-state index in [0.29, 0.717) is 0 Å². The molecule has 106 valence electrons. The Kier molecular flexibility index (Phi) is 3.88. The van der Waals surface area contributed by atoms with Crippen LogP contribution in [0.3, 0.4) is 0 Å². The van der Waals surface area contributed by atoms with Crippen molar-refractivity contribution < 1.29 is 9.53 Å². The highest BCUT2D eigenvalue weighted by atomic mass is 79.9. The highest BCUT2D eigenvalue weighted by molar-refractivity contribution is 9.10. The van der Waals surface area contributed by atoms with Gasteiger partial charge in [-0.3, -0.25) is 4.79 Å². The van der Waals surface area contributed by atoms with E-state index in [1.165, 1.54) is 0 Å². The smallest absolute Gasteiger partial charge is 0.189 e. The van der Waals surface area contributed by atoms with Crippen molar-refractivity contribution in [3.8, 4) is 5.75 Å². The number of rotatable bonds is 2. The van der Waals surface area contributed by atoms with Crippen molar-refractivity contribution in [2.75, 3.05) is 7.11 Å². The largest absolute Gasteiger partial charge is 0.497 e. The van der Waals surface area contributed by atoms with Crippen molar-refractivity contribution in [2.24, 2.45) is 0 Å². The van der Waals surface area contributed by atoms with E-state index in [4.69, 9.17) is 4.74 Å². The number of nitrogens with zero attached hydrogens (tertiary/aromatic N) is 1. The zero-order valence-corrected chi connectivity index (χ0v) is 13.2. The van der Waals surface area contributed by atoms with Gasteiger partial charge in [0.1, 0.15) is 10.4 Å². The average molecular weight is 344 g/mol. The second-order valence-electron chi connectivity index (χ2n) is 4.91. The number of allylic oxidation sites excluding steroid dienone is 1. The summed E-state index contributed by atoms with van der Waals surface area (Å²) in [5.74, 6) is 0.888. The molecule has 1 aromatic heterocycles. The molecule has 0 saturated heterocycles. The molecule has 1 heterocycles. The second-order valence-corrected chi connectivity index (χ2v) is 5.66. The molecule has 0 spiro atoms. The SMILES string of the molecule is COc1ccc2c(c1)CC/C(=C\c1cccnc1Br)C2=O. The molecule has 0 fully saturated rings. The summed E-state index contributed by atoms with van der Waals surface area (Å²) in [5.41, 5.74) is 3.58. The molecule has 21 heavy (non-hydrogen) atoms. The number of hydrogen-bond acceptors (Lipinski definition) is 3. The number of pyridine rings is 1. The van der Waals surface area contributed by atoms with Crippen LogP contribution in [0.1, 0.15) is 27.9 Å². The molecule has 0 atom stereocenters. The van der Waals surface area contributed by atoms with Crippen molar-refractivity contribution >= 4 is 27.8 Å². The number of Topliss-reactive ketones (excluding diaryl/α,β-unsaturated/α-hetero) is 1. The number of aromatic nitrogens is 1. The van der Waals surface area contributed by atoms with E-state index in [1.807, 2.05) is 36.4 Å². The molecule has 0 amide bonds. The van der Waals surface area contributed by atoms with Crippen molar-refractivity contribution in [2.45, 2.75) is 12.8 Å². The third-order valence-electron chi connectivity index (χ3n) is 3.63. The van der Waals surface area contributed by atoms with Crippen LogP contribution in [0, 0.1) is 0 Å². The van der Waals surface area contributed by atoms with E-state index in [9.17, 15) is 4.79 Å². The monoisotopic (exact) mass is 343 g/mol. The Morgan fingerprint density at radius 2 is 2.14 bits per heavy atom. The van der Waals surface area contributed by atoms with Crippen molar-refractivity contribution in [3.05, 3.63) is 63.4 Å². The minimum Gasteiger partial charge on any atom is -0.497 e. The first kappa shape index (κ1) is 14.0. The Hall–Kier alpha value is -1.94. The number of halogens is 1. The van der Waals surface area contributed by atoms with Crippen LogP contribution < -0.4 is 4.74 Å². The maximum Gasteiger partial charge on any atom is 0.189 e. The molecule has 0 radical (unpaired) electrons. The van der Waals surface area contributed by atoms with Gasteiger partial charge < -0.3 is 4.74 Å². The quantitative estimate of drug-likeness (QED) is 0.609. The van der Waals surface area contributed by atoms with Gasteiger partial charge in [0.2, 0.25) is 0 Å². The van der Waals surface area contributed by atoms with Gasteiger partial charge in [0.05, 0.1) is 7.11 Å². The van der Waals surface area contributed by atoms with E-state index >= 15 is 0 Å². The van der Waals surface area contributed by atoms with Crippen LogP contribution in [0.15, 0.2) is 46.7 Å². The molecule has 1 aliphatic carbocycles. The first-order valence-corrected chi connectivity index (χ1v) is 7.51. The molecule has 0 N–H and O–H groups in total. The number of methoxy groups -OCH3 is 1. The van der Waals surface area contributed by atoms with Gasteiger partial charge in [0.25, 0.3) is 0 Å². The second kappa shape index (κ2) is 5.82. The molecule has 3 rings (SSSR count). The predicted molar refractivity (Wildman–Crippen MR) is 85.6 cm³/mol. The number of ether oxygens (including phenoxy) is 1. The van der Waals surface area contributed by atoms with E-state index in [1.54, 1.807) is 13.3 Å². The Morgan fingerprint density at radius 3 is 2.90 bits per heavy atom. The van der Waals surface area contributed by atoms with Gasteiger partial charge in [-0.05, 0) is 64.7 Å². The molecule has 0 bridgehead atoms. The van der Waals surface area contributed by atoms with E-state index < -0.39 is 0 Å². The molecule has 1 aliphatic rings. The topological polar surface area (TPSA) is 39.2 Å². The van der Waals surface area contributed by atoms with Gasteiger partial charge in [-0.15, -0.1) is 0 Å². The predicted octanol–water partition coefficient (Wildman–Crippen LogP) is 4.07. The Morgan fingerprint density at radius 1 is 1.29 bits per heavy atom. The van der Waals surface area contributed by atoms with Crippen molar-refractivity contribution in [1.29, 1.82) is 0 Å². The van der Waals surface area contributed by atoms with Gasteiger partial charge in [-0.1, -0.05) is 6.07 Å². The molecule has 1 aromatic carbocycles. The molecule has 0 aliphatic heterocycles. The Balaban J connectivity index is 1.98. The number of fused-ring (bicyclic) bond motifs is 1. The normalized spacial score (nSPS) is 15.9. The first-order valence-electron chi connectivity index (χ1n) is 6.72. The standard InChI is InChI=1S/C17H14BrNO2/c1-21-14-6-7-15-11(10-14)4-5-12(16(15)20)9-13-3-2-8-19-17(13)18/h2-3,6-10H,4-5H2,1H3/b12-9+. The minimum absolute atomic E-state index is 0.0923. The fourth-order valence-corrected chi connectivity index (χ4v) is 2.88. The lowest BCUT2D eigenvalue weighted by Crippen LogP contribution is -2.14. The molecule has 3 nitrogen and oxygen atoms in total. The molecule has 2 aromatic rings. The summed E-state index contributed by atoms with van der Waals surface area (Å²) in [4.78, 5) is 16.8. The fraction of sp³-hybridized carbons (Fsp3) is 0.176. The lowest BCUT2D eigenvalue weighted by atomic mass is 9.86. The fourth-order valence-electron chi connectivity index (χ4n) is 2.51. The number of hydrogen-bond donors (Lipinski definition) is 0. The summed E-state index contributed by atoms with van der Waals surface area (Å²) in [5, 5.41) is 0. The molecule has 0 unspecified atom stereocenters. The van der Waals surface area contributed by atoms with Crippen LogP contribution in [-0.4, -0.2) is 17.9 Å². The average Bonchev–Trinajstić information content (AvgIpc) is 2.51. The molecular weight excluding hydrogens is 330 g/mol. The van der Waals surface area contributed by atoms with Crippen LogP contribution in [0.4, 0.5) is 0 Å². The third kappa shape index (κ3) is 2.76. The van der Waals surface area contributed by atoms with E-state index in [-0.39, 0.29) is 5.78 Å². The van der Waals surface area contributed by atoms with Gasteiger partial charge in [-0.25, -0.2) is 4.98 Å². The zero-order chi connectivity index (χ0) is 14.8. The Bertz CT molecular complexity index is 737. The van der Waals surface area contributed by atoms with Crippen LogP contribution in [0.2, 0.25) is 0 Å². The molecule has 0 saturated carbocycles. The van der Waals surface area contributed by atoms with Crippen LogP contribution in [0.25, 0.3) is 6.08 Å². The maximum atomic E-state index is 12.6. The van der Waals surface area contributed by atoms with Gasteiger partial charge in [0, 0.05) is 22.9 Å². The highest BCUT2D eigenvalue weighted by Gasteiger charge is 2.22. The van der Waals surface area contributed by atoms with Gasteiger partial charge in [-0.2, -0.15) is 0 Å². The van der Waals surface area contributed by atoms with E-state index in [0.717, 1.165) is 45.5 Å². The number of benzene rings is 1. The summed E-state index contributed by atoms with van der Waals surface area (Å²) in [6.45, 7) is 0. The van der Waals surface area contributed by atoms with Crippen molar-refractivity contribution in [3.63, 3.8) is 0 Å². The van der Waals surface area contributed by atoms with E-state index in [2.05, 4.69) is 20.9 Å². The number of carbonyl (C=O) groups excluding carboxylic acids is 1. The summed E-state index contributed by atoms with van der Waals surface area (Å²) in [7, 11) is 1.64. The van der Waals surface area contributed by atoms with Crippen LogP contribution in [-0.2, 0) is 6.42 Å². The van der Waals surface area contributed by atoms with Crippen molar-refractivity contribution in [1.82, 2.24) is 4.98 Å². The lowest BCUT2D eigenvalue weighted by molar-refractivity contribution is 0.102. The third-order valence-corrected chi connectivity index (χ3v) is 4.29. The molecule has 4 heteroatoms. The van der Waals surface area contributed by atoms with Gasteiger partial charge in [0.15, 0.2) is 5.78 Å². The van der Waals surface area contributed by atoms with Crippen LogP contribution >= 0.6 is 15.9 Å². The summed E-state index contributed by atoms with van der Waals surface area (Å²) in [6, 6.07) is 9.44. The number of carbonyl (C=O) groups is 1. The van der Waals surface area contributed by atoms with Gasteiger partial charge >= 0.3 is 0 Å². The lowest BCUT2D eigenvalue weighted by Gasteiger charge is -2.18. The summed E-state index contributed by atoms with van der Waals surface area (Å²) >= 11 is 3.41. The zero-order valence-electron chi connectivity index (χ0n) is 11.6. The minimum atomic E-state index is 0.0923.